The third-order valence-electron chi connectivity index (χ3n) is 1.59. The van der Waals surface area contributed by atoms with Crippen LogP contribution in [0.1, 0.15) is 5.69 Å². The zero-order chi connectivity index (χ0) is 9.35. The molecule has 0 radical (unpaired) electrons. The van der Waals surface area contributed by atoms with Crippen molar-refractivity contribution >= 4 is 12.6 Å². The quantitative estimate of drug-likeness (QED) is 0.672. The van der Waals surface area contributed by atoms with Crippen molar-refractivity contribution in [1.29, 1.82) is 0 Å². The molecule has 4 heteroatoms. The van der Waals surface area contributed by atoms with E-state index in [-0.39, 0.29) is 5.75 Å². The minimum Gasteiger partial charge on any atom is -0.506 e. The Balaban J connectivity index is 3.23. The number of aromatic nitrogens is 1. The number of aromatic hydroxyl groups is 1. The smallest absolute Gasteiger partial charge is 0.136 e. The van der Waals surface area contributed by atoms with Crippen LogP contribution in [0.25, 0.3) is 0 Å². The molecule has 0 aliphatic carbocycles. The highest BCUT2D eigenvalue weighted by atomic mass is 31.2. The number of nitrogens with zero attached hydrogens (tertiary/aromatic N) is 1. The van der Waals surface area contributed by atoms with Gasteiger partial charge in [0, 0.05) is 0 Å². The predicted molar refractivity (Wildman–Crippen MR) is 49.7 cm³/mol. The highest BCUT2D eigenvalue weighted by Crippen LogP contribution is 2.33. The van der Waals surface area contributed by atoms with Gasteiger partial charge in [-0.05, 0) is 32.4 Å². The molecule has 0 amide bonds. The van der Waals surface area contributed by atoms with Crippen LogP contribution in [0, 0.1) is 6.92 Å². The molecule has 0 unspecified atom stereocenters. The molecule has 1 aromatic heterocycles. The van der Waals surface area contributed by atoms with Crippen LogP contribution in [0.4, 0.5) is 0 Å². The normalized spacial score (nSPS) is 11.6. The molecule has 0 atom stereocenters. The van der Waals surface area contributed by atoms with Gasteiger partial charge in [0.05, 0.1) is 11.1 Å². The number of hydrogen-bond donors (Lipinski definition) is 1. The van der Waals surface area contributed by atoms with Crippen LogP contribution in [0.15, 0.2) is 12.1 Å². The summed E-state index contributed by atoms with van der Waals surface area (Å²) in [5.74, 6) is 0.146. The summed E-state index contributed by atoms with van der Waals surface area (Å²) in [7, 11) is -2.29. The number of rotatable bonds is 1. The third-order valence-corrected chi connectivity index (χ3v) is 2.95. The second kappa shape index (κ2) is 2.91. The highest BCUT2D eigenvalue weighted by Gasteiger charge is 2.13. The Bertz CT molecular complexity index is 343. The van der Waals surface area contributed by atoms with E-state index in [9.17, 15) is 4.57 Å². The molecule has 0 saturated carbocycles. The lowest BCUT2D eigenvalue weighted by molar-refractivity contribution is 0.468. The summed E-state index contributed by atoms with van der Waals surface area (Å²) in [6.07, 6.45) is 0. The highest BCUT2D eigenvalue weighted by molar-refractivity contribution is 7.69. The molecule has 0 saturated heterocycles. The minimum absolute atomic E-state index is 0.146. The van der Waals surface area contributed by atoms with Crippen LogP contribution in [-0.4, -0.2) is 23.4 Å². The molecule has 0 aliphatic heterocycles. The minimum atomic E-state index is -2.29. The van der Waals surface area contributed by atoms with Crippen molar-refractivity contribution in [2.24, 2.45) is 0 Å². The van der Waals surface area contributed by atoms with Gasteiger partial charge in [-0.15, -0.1) is 0 Å². The monoisotopic (exact) mass is 185 g/mol. The first-order chi connectivity index (χ1) is 5.41. The molecular weight excluding hydrogens is 173 g/mol. The Hall–Kier alpha value is -0.820. The van der Waals surface area contributed by atoms with Crippen molar-refractivity contribution in [1.82, 2.24) is 4.98 Å². The van der Waals surface area contributed by atoms with Gasteiger partial charge in [-0.2, -0.15) is 0 Å². The van der Waals surface area contributed by atoms with Crippen molar-refractivity contribution in [3.05, 3.63) is 17.8 Å². The van der Waals surface area contributed by atoms with Crippen LogP contribution in [0.3, 0.4) is 0 Å². The van der Waals surface area contributed by atoms with Crippen LogP contribution in [0.5, 0.6) is 5.75 Å². The van der Waals surface area contributed by atoms with Crippen molar-refractivity contribution in [3.8, 4) is 5.75 Å². The maximum atomic E-state index is 11.5. The average Bonchev–Trinajstić information content (AvgIpc) is 1.92. The van der Waals surface area contributed by atoms with Crippen LogP contribution < -0.4 is 5.44 Å². The lowest BCUT2D eigenvalue weighted by Gasteiger charge is -2.06. The van der Waals surface area contributed by atoms with Crippen molar-refractivity contribution in [2.75, 3.05) is 13.3 Å². The van der Waals surface area contributed by atoms with Gasteiger partial charge < -0.3 is 9.67 Å². The molecule has 1 N–H and O–H groups in total. The molecule has 1 aromatic rings. The Morgan fingerprint density at radius 2 is 2.00 bits per heavy atom. The van der Waals surface area contributed by atoms with E-state index < -0.39 is 7.14 Å². The van der Waals surface area contributed by atoms with Crippen molar-refractivity contribution in [3.63, 3.8) is 0 Å². The molecule has 0 bridgehead atoms. The van der Waals surface area contributed by atoms with Crippen molar-refractivity contribution < 1.29 is 9.67 Å². The molecule has 0 aliphatic rings. The van der Waals surface area contributed by atoms with Gasteiger partial charge in [0.2, 0.25) is 0 Å². The van der Waals surface area contributed by atoms with E-state index in [1.807, 2.05) is 0 Å². The SMILES string of the molecule is Cc1nc(P(C)(C)=O)ccc1O. The van der Waals surface area contributed by atoms with Gasteiger partial charge in [0.25, 0.3) is 0 Å². The topological polar surface area (TPSA) is 50.2 Å². The zero-order valence-electron chi connectivity index (χ0n) is 7.40. The Kier molecular flexibility index (Phi) is 2.25. The maximum Gasteiger partial charge on any atom is 0.136 e. The number of hydrogen-bond acceptors (Lipinski definition) is 3. The van der Waals surface area contributed by atoms with Crippen molar-refractivity contribution in [2.45, 2.75) is 6.92 Å². The summed E-state index contributed by atoms with van der Waals surface area (Å²) in [6, 6.07) is 3.13. The van der Waals surface area contributed by atoms with Gasteiger partial charge in [-0.1, -0.05) is 0 Å². The van der Waals surface area contributed by atoms with Gasteiger partial charge in [-0.25, -0.2) is 4.98 Å². The van der Waals surface area contributed by atoms with Gasteiger partial charge in [0.15, 0.2) is 0 Å². The molecule has 1 heterocycles. The standard InChI is InChI=1S/C8H12NO2P/c1-6-7(10)4-5-8(9-6)12(2,3)11/h4-5,10H,1-3H3. The van der Waals surface area contributed by atoms with E-state index in [1.165, 1.54) is 6.07 Å². The Morgan fingerprint density at radius 1 is 1.42 bits per heavy atom. The van der Waals surface area contributed by atoms with Crippen LogP contribution >= 0.6 is 7.14 Å². The van der Waals surface area contributed by atoms with Gasteiger partial charge >= 0.3 is 0 Å². The van der Waals surface area contributed by atoms with E-state index in [2.05, 4.69) is 4.98 Å². The first-order valence-corrected chi connectivity index (χ1v) is 6.23. The first-order valence-electron chi connectivity index (χ1n) is 3.63. The second-order valence-electron chi connectivity index (χ2n) is 3.12. The zero-order valence-corrected chi connectivity index (χ0v) is 8.30. The molecule has 0 spiro atoms. The van der Waals surface area contributed by atoms with E-state index in [0.717, 1.165) is 0 Å². The Labute approximate surface area is 71.8 Å². The van der Waals surface area contributed by atoms with E-state index >= 15 is 0 Å². The molecule has 1 rings (SSSR count). The van der Waals surface area contributed by atoms with Gasteiger partial charge in [0.1, 0.15) is 12.9 Å². The lowest BCUT2D eigenvalue weighted by atomic mass is 10.3. The van der Waals surface area contributed by atoms with E-state index in [0.29, 0.717) is 11.1 Å². The fraction of sp³-hybridized carbons (Fsp3) is 0.375. The first kappa shape index (κ1) is 9.27. The summed E-state index contributed by atoms with van der Waals surface area (Å²) in [5, 5.41) is 9.16. The fourth-order valence-electron chi connectivity index (χ4n) is 0.840. The fourth-order valence-corrected chi connectivity index (χ4v) is 1.66. The molecule has 66 valence electrons. The molecule has 0 fully saturated rings. The summed E-state index contributed by atoms with van der Waals surface area (Å²) in [4.78, 5) is 4.03. The molecule has 12 heavy (non-hydrogen) atoms. The molecule has 3 nitrogen and oxygen atoms in total. The van der Waals surface area contributed by atoms with E-state index in [1.54, 1.807) is 26.3 Å². The summed E-state index contributed by atoms with van der Waals surface area (Å²) in [6.45, 7) is 5.01. The predicted octanol–water partition coefficient (Wildman–Crippen LogP) is 1.34. The Morgan fingerprint density at radius 3 is 2.42 bits per heavy atom. The van der Waals surface area contributed by atoms with E-state index in [4.69, 9.17) is 5.11 Å². The molecular formula is C8H12NO2P. The summed E-state index contributed by atoms with van der Waals surface area (Å²) < 4.78 is 11.5. The maximum absolute atomic E-state index is 11.5. The lowest BCUT2D eigenvalue weighted by Crippen LogP contribution is -2.08. The second-order valence-corrected chi connectivity index (χ2v) is 6.28. The van der Waals surface area contributed by atoms with Gasteiger partial charge in [-0.3, -0.25) is 0 Å². The summed E-state index contributed by atoms with van der Waals surface area (Å²) >= 11 is 0. The number of aryl methyl sites for hydroxylation is 1. The summed E-state index contributed by atoms with van der Waals surface area (Å²) in [5.41, 5.74) is 1.09. The average molecular weight is 185 g/mol. The van der Waals surface area contributed by atoms with Crippen LogP contribution in [0.2, 0.25) is 0 Å². The third kappa shape index (κ3) is 1.86. The largest absolute Gasteiger partial charge is 0.506 e. The number of pyridine rings is 1. The van der Waals surface area contributed by atoms with Crippen LogP contribution in [-0.2, 0) is 4.57 Å². The molecule has 0 aromatic carbocycles.